The van der Waals surface area contributed by atoms with Crippen molar-refractivity contribution >= 4 is 0 Å². The zero-order valence-electron chi connectivity index (χ0n) is 6.53. The molecule has 13 heavy (non-hydrogen) atoms. The van der Waals surface area contributed by atoms with E-state index in [0.29, 0.717) is 12.1 Å². The third kappa shape index (κ3) is 1.98. The Bertz CT molecular complexity index is 311. The molecule has 0 radical (unpaired) electrons. The monoisotopic (exact) mass is 193 g/mol. The van der Waals surface area contributed by atoms with Crippen molar-refractivity contribution in [2.24, 2.45) is 5.73 Å². The zero-order chi connectivity index (χ0) is 10.1. The van der Waals surface area contributed by atoms with Crippen LogP contribution in [0.5, 0.6) is 0 Å². The van der Waals surface area contributed by atoms with Crippen molar-refractivity contribution in [3.8, 4) is 0 Å². The summed E-state index contributed by atoms with van der Waals surface area (Å²) >= 11 is 0. The maximum Gasteiger partial charge on any atom is 0.285 e. The fourth-order valence-electron chi connectivity index (χ4n) is 0.841. The van der Waals surface area contributed by atoms with Crippen molar-refractivity contribution in [2.75, 3.05) is 6.54 Å². The van der Waals surface area contributed by atoms with E-state index >= 15 is 0 Å². The Morgan fingerprint density at radius 3 is 2.23 bits per heavy atom. The smallest absolute Gasteiger partial charge is 0.285 e. The molecule has 1 aromatic carbocycles. The maximum absolute atomic E-state index is 12.8. The quantitative estimate of drug-likeness (QED) is 0.714. The maximum atomic E-state index is 12.8. The fraction of sp³-hybridized carbons (Fsp3) is 0.250. The van der Waals surface area contributed by atoms with Crippen LogP contribution in [0.1, 0.15) is 5.56 Å². The van der Waals surface area contributed by atoms with Gasteiger partial charge in [-0.1, -0.05) is 0 Å². The average molecular weight is 193 g/mol. The van der Waals surface area contributed by atoms with Crippen LogP contribution in [0.2, 0.25) is 0 Å². The Labute approximate surface area is 72.2 Å². The van der Waals surface area contributed by atoms with E-state index in [1.165, 1.54) is 0 Å². The normalized spacial score (nSPS) is 11.8. The summed E-state index contributed by atoms with van der Waals surface area (Å²) in [5.41, 5.74) is 4.14. The minimum Gasteiger partial charge on any atom is -0.325 e. The summed E-state index contributed by atoms with van der Waals surface area (Å²) in [6.07, 6.45) is 0. The van der Waals surface area contributed by atoms with E-state index in [1.54, 1.807) is 0 Å². The van der Waals surface area contributed by atoms with Gasteiger partial charge in [-0.25, -0.2) is 8.78 Å². The van der Waals surface area contributed by atoms with Crippen LogP contribution in [0.15, 0.2) is 18.2 Å². The first-order valence-electron chi connectivity index (χ1n) is 3.51. The molecule has 0 amide bonds. The summed E-state index contributed by atoms with van der Waals surface area (Å²) in [6, 6.07) is 1.90. The number of hydrogen-bond donors (Lipinski definition) is 1. The third-order valence-corrected chi connectivity index (χ3v) is 1.60. The molecule has 1 aromatic rings. The third-order valence-electron chi connectivity index (χ3n) is 1.60. The van der Waals surface area contributed by atoms with E-state index in [0.717, 1.165) is 6.07 Å². The predicted octanol–water partition coefficient (Wildman–Crippen LogP) is 2.02. The molecule has 1 rings (SSSR count). The molecule has 0 aliphatic rings. The van der Waals surface area contributed by atoms with E-state index in [1.807, 2.05) is 0 Å². The summed E-state index contributed by atoms with van der Waals surface area (Å²) < 4.78 is 50.4. The second-order valence-corrected chi connectivity index (χ2v) is 2.54. The molecule has 0 aliphatic heterocycles. The molecule has 0 atom stereocenters. The summed E-state index contributed by atoms with van der Waals surface area (Å²) in [5.74, 6) is -5.77. The first-order valence-corrected chi connectivity index (χ1v) is 3.51. The molecule has 72 valence electrons. The SMILES string of the molecule is NCC(F)(F)c1ccc(F)c(F)c1. The average Bonchev–Trinajstić information content (AvgIpc) is 2.09. The second kappa shape index (κ2) is 3.33. The molecule has 0 fully saturated rings. The van der Waals surface area contributed by atoms with Gasteiger partial charge >= 0.3 is 0 Å². The molecule has 0 aromatic heterocycles. The molecule has 1 nitrogen and oxygen atoms in total. The van der Waals surface area contributed by atoms with Crippen LogP contribution < -0.4 is 5.73 Å². The molecule has 0 spiro atoms. The number of halogens is 4. The molecular weight excluding hydrogens is 186 g/mol. The number of hydrogen-bond acceptors (Lipinski definition) is 1. The highest BCUT2D eigenvalue weighted by Crippen LogP contribution is 2.27. The number of nitrogens with two attached hydrogens (primary N) is 1. The van der Waals surface area contributed by atoms with E-state index in [4.69, 9.17) is 5.73 Å². The van der Waals surface area contributed by atoms with Crippen LogP contribution in [-0.2, 0) is 5.92 Å². The lowest BCUT2D eigenvalue weighted by Crippen LogP contribution is -2.25. The highest BCUT2D eigenvalue weighted by atomic mass is 19.3. The molecule has 0 unspecified atom stereocenters. The predicted molar refractivity (Wildman–Crippen MR) is 39.3 cm³/mol. The highest BCUT2D eigenvalue weighted by Gasteiger charge is 2.30. The Morgan fingerprint density at radius 2 is 1.77 bits per heavy atom. The Balaban J connectivity index is 3.10. The first-order chi connectivity index (χ1) is 5.97. The Kier molecular flexibility index (Phi) is 2.56. The van der Waals surface area contributed by atoms with E-state index in [9.17, 15) is 17.6 Å². The zero-order valence-corrected chi connectivity index (χ0v) is 6.53. The van der Waals surface area contributed by atoms with Crippen molar-refractivity contribution in [2.45, 2.75) is 5.92 Å². The van der Waals surface area contributed by atoms with E-state index in [2.05, 4.69) is 0 Å². The number of benzene rings is 1. The van der Waals surface area contributed by atoms with Gasteiger partial charge < -0.3 is 5.73 Å². The summed E-state index contributed by atoms with van der Waals surface area (Å²) in [5, 5.41) is 0. The highest BCUT2D eigenvalue weighted by molar-refractivity contribution is 5.22. The lowest BCUT2D eigenvalue weighted by atomic mass is 10.1. The van der Waals surface area contributed by atoms with E-state index in [-0.39, 0.29) is 0 Å². The van der Waals surface area contributed by atoms with Crippen molar-refractivity contribution in [3.63, 3.8) is 0 Å². The van der Waals surface area contributed by atoms with Gasteiger partial charge in [0.25, 0.3) is 5.92 Å². The number of alkyl halides is 2. The van der Waals surface area contributed by atoms with Gasteiger partial charge in [-0.05, 0) is 18.2 Å². The molecule has 0 saturated heterocycles. The van der Waals surface area contributed by atoms with Crippen LogP contribution in [0.4, 0.5) is 17.6 Å². The summed E-state index contributed by atoms with van der Waals surface area (Å²) in [7, 11) is 0. The van der Waals surface area contributed by atoms with Crippen molar-refractivity contribution in [1.29, 1.82) is 0 Å². The molecular formula is C8H7F4N. The summed E-state index contributed by atoms with van der Waals surface area (Å²) in [4.78, 5) is 0. The van der Waals surface area contributed by atoms with Gasteiger partial charge in [0.15, 0.2) is 11.6 Å². The van der Waals surface area contributed by atoms with Crippen molar-refractivity contribution in [1.82, 2.24) is 0 Å². The van der Waals surface area contributed by atoms with Gasteiger partial charge in [0, 0.05) is 5.56 Å². The lowest BCUT2D eigenvalue weighted by molar-refractivity contribution is 0.00555. The molecule has 5 heteroatoms. The largest absolute Gasteiger partial charge is 0.325 e. The van der Waals surface area contributed by atoms with Gasteiger partial charge in [-0.15, -0.1) is 0 Å². The van der Waals surface area contributed by atoms with Crippen molar-refractivity contribution in [3.05, 3.63) is 35.4 Å². The minimum atomic E-state index is -3.31. The van der Waals surface area contributed by atoms with Crippen LogP contribution in [0.3, 0.4) is 0 Å². The van der Waals surface area contributed by atoms with Crippen molar-refractivity contribution < 1.29 is 17.6 Å². The van der Waals surface area contributed by atoms with Crippen LogP contribution >= 0.6 is 0 Å². The molecule has 0 heterocycles. The van der Waals surface area contributed by atoms with Gasteiger partial charge in [-0.3, -0.25) is 0 Å². The molecule has 0 bridgehead atoms. The fourth-order valence-corrected chi connectivity index (χ4v) is 0.841. The molecule has 0 saturated carbocycles. The Hall–Kier alpha value is -1.10. The topological polar surface area (TPSA) is 26.0 Å². The Morgan fingerprint density at radius 1 is 1.15 bits per heavy atom. The van der Waals surface area contributed by atoms with Crippen LogP contribution in [0.25, 0.3) is 0 Å². The summed E-state index contributed by atoms with van der Waals surface area (Å²) in [6.45, 7) is -0.932. The van der Waals surface area contributed by atoms with Gasteiger partial charge in [0.1, 0.15) is 0 Å². The lowest BCUT2D eigenvalue weighted by Gasteiger charge is -2.13. The van der Waals surface area contributed by atoms with Gasteiger partial charge in [0.2, 0.25) is 0 Å². The second-order valence-electron chi connectivity index (χ2n) is 2.54. The number of rotatable bonds is 2. The van der Waals surface area contributed by atoms with Crippen LogP contribution in [-0.4, -0.2) is 6.54 Å². The van der Waals surface area contributed by atoms with Gasteiger partial charge in [0.05, 0.1) is 6.54 Å². The van der Waals surface area contributed by atoms with E-state index < -0.39 is 29.7 Å². The van der Waals surface area contributed by atoms with Crippen LogP contribution in [0, 0.1) is 11.6 Å². The standard InChI is InChI=1S/C8H7F4N/c9-6-2-1-5(3-7(6)10)8(11,12)4-13/h1-3H,4,13H2. The van der Waals surface area contributed by atoms with Gasteiger partial charge in [-0.2, -0.15) is 8.78 Å². The minimum absolute atomic E-state index is 0.447. The first kappa shape index (κ1) is 9.98. The molecule has 0 aliphatic carbocycles. The molecule has 2 N–H and O–H groups in total.